The van der Waals surface area contributed by atoms with Crippen molar-refractivity contribution in [1.82, 2.24) is 4.57 Å². The van der Waals surface area contributed by atoms with E-state index in [1.165, 1.54) is 16.9 Å². The van der Waals surface area contributed by atoms with Crippen LogP contribution >= 0.6 is 11.3 Å². The van der Waals surface area contributed by atoms with Gasteiger partial charge in [0, 0.05) is 18.1 Å². The number of nitrogens with two attached hydrogens (primary N) is 1. The van der Waals surface area contributed by atoms with Gasteiger partial charge in [0.05, 0.1) is 5.69 Å². The molecule has 3 N–H and O–H groups in total. The molecule has 84 valence electrons. The van der Waals surface area contributed by atoms with E-state index in [1.54, 1.807) is 0 Å². The Morgan fingerprint density at radius 2 is 2.12 bits per heavy atom. The molecule has 3 nitrogen and oxygen atoms in total. The quantitative estimate of drug-likeness (QED) is 0.837. The lowest BCUT2D eigenvalue weighted by Gasteiger charge is -2.13. The molecular formula is C12H15N3S. The van der Waals surface area contributed by atoms with E-state index in [0.29, 0.717) is 11.3 Å². The van der Waals surface area contributed by atoms with Crippen LogP contribution in [0.3, 0.4) is 0 Å². The van der Waals surface area contributed by atoms with Crippen LogP contribution in [-0.2, 0) is 13.0 Å². The van der Waals surface area contributed by atoms with E-state index in [0.717, 1.165) is 17.7 Å². The van der Waals surface area contributed by atoms with E-state index >= 15 is 0 Å². The molecule has 0 saturated heterocycles. The third-order valence-electron chi connectivity index (χ3n) is 2.65. The predicted molar refractivity (Wildman–Crippen MR) is 66.8 cm³/mol. The molecule has 4 heteroatoms. The van der Waals surface area contributed by atoms with Crippen molar-refractivity contribution in [3.8, 4) is 5.69 Å². The molecule has 0 atom stereocenters. The molecule has 0 aliphatic rings. The van der Waals surface area contributed by atoms with Crippen molar-refractivity contribution in [2.24, 2.45) is 5.73 Å². The number of hydrogen-bond acceptors (Lipinski definition) is 3. The second-order valence-electron chi connectivity index (χ2n) is 3.56. The maximum absolute atomic E-state index is 7.87. The molecule has 2 rings (SSSR count). The van der Waals surface area contributed by atoms with E-state index in [1.807, 2.05) is 28.3 Å². The van der Waals surface area contributed by atoms with Crippen molar-refractivity contribution in [2.75, 3.05) is 0 Å². The molecule has 0 aliphatic heterocycles. The fraction of sp³-hybridized carbons (Fsp3) is 0.250. The highest BCUT2D eigenvalue weighted by molar-refractivity contribution is 7.07. The van der Waals surface area contributed by atoms with Crippen molar-refractivity contribution in [1.29, 1.82) is 5.41 Å². The zero-order valence-electron chi connectivity index (χ0n) is 9.23. The maximum atomic E-state index is 7.87. The van der Waals surface area contributed by atoms with Gasteiger partial charge >= 0.3 is 0 Å². The number of nitrogens with zero attached hydrogens (tertiary/aromatic N) is 1. The van der Waals surface area contributed by atoms with Gasteiger partial charge < -0.3 is 5.73 Å². The molecule has 0 saturated carbocycles. The zero-order valence-corrected chi connectivity index (χ0v) is 10.1. The Morgan fingerprint density at radius 1 is 1.38 bits per heavy atom. The maximum Gasteiger partial charge on any atom is 0.186 e. The number of aryl methyl sites for hydroxylation is 1. The first-order chi connectivity index (χ1) is 7.77. The fourth-order valence-electron chi connectivity index (χ4n) is 1.86. The third-order valence-corrected chi connectivity index (χ3v) is 3.33. The molecule has 1 heterocycles. The Bertz CT molecular complexity index is 517. The summed E-state index contributed by atoms with van der Waals surface area (Å²) in [6.07, 6.45) is 2.88. The van der Waals surface area contributed by atoms with Crippen LogP contribution < -0.4 is 10.5 Å². The summed E-state index contributed by atoms with van der Waals surface area (Å²) in [5.41, 5.74) is 9.17. The van der Waals surface area contributed by atoms with Gasteiger partial charge in [-0.3, -0.25) is 9.98 Å². The number of nitrogens with one attached hydrogen (secondary N) is 1. The largest absolute Gasteiger partial charge is 0.326 e. The molecule has 1 aromatic carbocycles. The number of rotatable bonds is 3. The molecular weight excluding hydrogens is 218 g/mol. The van der Waals surface area contributed by atoms with Gasteiger partial charge in [-0.2, -0.15) is 0 Å². The highest BCUT2D eigenvalue weighted by atomic mass is 32.1. The van der Waals surface area contributed by atoms with Crippen LogP contribution in [0, 0.1) is 5.41 Å². The molecule has 0 bridgehead atoms. The smallest absolute Gasteiger partial charge is 0.186 e. The van der Waals surface area contributed by atoms with Gasteiger partial charge in [-0.15, -0.1) is 11.3 Å². The Hall–Kier alpha value is -1.39. The Kier molecular flexibility index (Phi) is 3.22. The van der Waals surface area contributed by atoms with E-state index in [4.69, 9.17) is 11.1 Å². The van der Waals surface area contributed by atoms with Crippen molar-refractivity contribution in [3.05, 3.63) is 45.7 Å². The molecule has 1 aromatic heterocycles. The summed E-state index contributed by atoms with van der Waals surface area (Å²) in [6, 6.07) is 6.15. The first-order valence-electron chi connectivity index (χ1n) is 5.30. The SMILES string of the molecule is CCc1cccc(CN)c1-n1ccsc1=N. The number of para-hydroxylation sites is 1. The highest BCUT2D eigenvalue weighted by Crippen LogP contribution is 2.19. The lowest BCUT2D eigenvalue weighted by atomic mass is 10.0. The molecule has 0 spiro atoms. The second-order valence-corrected chi connectivity index (χ2v) is 4.46. The minimum Gasteiger partial charge on any atom is -0.326 e. The number of benzene rings is 1. The van der Waals surface area contributed by atoms with Crippen LogP contribution in [0.15, 0.2) is 29.8 Å². The van der Waals surface area contributed by atoms with Gasteiger partial charge in [-0.1, -0.05) is 25.1 Å². The number of aromatic nitrogens is 1. The van der Waals surface area contributed by atoms with Gasteiger partial charge in [0.2, 0.25) is 0 Å². The minimum absolute atomic E-state index is 0.505. The molecule has 0 aliphatic carbocycles. The van der Waals surface area contributed by atoms with Crippen LogP contribution in [0.5, 0.6) is 0 Å². The first kappa shape index (κ1) is 11.1. The average Bonchev–Trinajstić information content (AvgIpc) is 2.74. The van der Waals surface area contributed by atoms with Crippen LogP contribution in [0.1, 0.15) is 18.1 Å². The zero-order chi connectivity index (χ0) is 11.5. The number of thiazole rings is 1. The standard InChI is InChI=1S/C12H15N3S/c1-2-9-4-3-5-10(8-13)11(9)15-6-7-16-12(15)14/h3-7,14H,2,8,13H2,1H3. The number of hydrogen-bond donors (Lipinski definition) is 2. The van der Waals surface area contributed by atoms with Gasteiger partial charge in [0.25, 0.3) is 0 Å². The predicted octanol–water partition coefficient (Wildman–Crippen LogP) is 2.04. The molecule has 0 radical (unpaired) electrons. The van der Waals surface area contributed by atoms with Crippen molar-refractivity contribution in [2.45, 2.75) is 19.9 Å². The van der Waals surface area contributed by atoms with Gasteiger partial charge in [-0.05, 0) is 17.5 Å². The normalized spacial score (nSPS) is 10.6. The molecule has 2 aromatic rings. The molecule has 0 amide bonds. The summed E-state index contributed by atoms with van der Waals surface area (Å²) in [5.74, 6) is 0. The third kappa shape index (κ3) is 1.81. The van der Waals surface area contributed by atoms with Crippen LogP contribution in [0.4, 0.5) is 0 Å². The van der Waals surface area contributed by atoms with Crippen LogP contribution in [0.2, 0.25) is 0 Å². The van der Waals surface area contributed by atoms with Gasteiger partial charge in [0.15, 0.2) is 4.80 Å². The Labute approximate surface area is 98.7 Å². The van der Waals surface area contributed by atoms with Crippen molar-refractivity contribution in [3.63, 3.8) is 0 Å². The Morgan fingerprint density at radius 3 is 2.69 bits per heavy atom. The lowest BCUT2D eigenvalue weighted by Crippen LogP contribution is -2.15. The van der Waals surface area contributed by atoms with Crippen LogP contribution in [0.25, 0.3) is 5.69 Å². The van der Waals surface area contributed by atoms with E-state index in [-0.39, 0.29) is 0 Å². The van der Waals surface area contributed by atoms with Crippen molar-refractivity contribution < 1.29 is 0 Å². The summed E-state index contributed by atoms with van der Waals surface area (Å²) < 4.78 is 1.91. The fourth-order valence-corrected chi connectivity index (χ4v) is 2.44. The van der Waals surface area contributed by atoms with E-state index in [9.17, 15) is 0 Å². The van der Waals surface area contributed by atoms with Crippen molar-refractivity contribution >= 4 is 11.3 Å². The summed E-state index contributed by atoms with van der Waals surface area (Å²) in [4.78, 5) is 0.538. The minimum atomic E-state index is 0.505. The summed E-state index contributed by atoms with van der Waals surface area (Å²) in [7, 11) is 0. The summed E-state index contributed by atoms with van der Waals surface area (Å²) in [5, 5.41) is 9.80. The van der Waals surface area contributed by atoms with E-state index in [2.05, 4.69) is 13.0 Å². The second kappa shape index (κ2) is 4.63. The highest BCUT2D eigenvalue weighted by Gasteiger charge is 2.08. The summed E-state index contributed by atoms with van der Waals surface area (Å²) >= 11 is 1.43. The molecule has 16 heavy (non-hydrogen) atoms. The lowest BCUT2D eigenvalue weighted by molar-refractivity contribution is 0.912. The van der Waals surface area contributed by atoms with Crippen LogP contribution in [-0.4, -0.2) is 4.57 Å². The monoisotopic (exact) mass is 233 g/mol. The van der Waals surface area contributed by atoms with Gasteiger partial charge in [-0.25, -0.2) is 0 Å². The average molecular weight is 233 g/mol. The summed E-state index contributed by atoms with van der Waals surface area (Å²) in [6.45, 7) is 2.63. The van der Waals surface area contributed by atoms with E-state index < -0.39 is 0 Å². The first-order valence-corrected chi connectivity index (χ1v) is 6.17. The van der Waals surface area contributed by atoms with Gasteiger partial charge in [0.1, 0.15) is 0 Å². The molecule has 0 fully saturated rings. The topological polar surface area (TPSA) is 54.8 Å². The Balaban J connectivity index is 2.71. The molecule has 0 unspecified atom stereocenters.